The molecule has 0 aliphatic heterocycles. The lowest BCUT2D eigenvalue weighted by atomic mass is 10.1. The van der Waals surface area contributed by atoms with Gasteiger partial charge in [0.2, 0.25) is 0 Å². The lowest BCUT2D eigenvalue weighted by molar-refractivity contribution is 0.141. The molecule has 7 heteroatoms. The topological polar surface area (TPSA) is 80.3 Å². The maximum atomic E-state index is 12.2. The molecule has 0 amide bonds. The SMILES string of the molecule is CCCNCc1ccc(S(=O)(=O)NC(C)(C)COC)nc1. The van der Waals surface area contributed by atoms with Gasteiger partial charge in [0, 0.05) is 19.9 Å². The van der Waals surface area contributed by atoms with Crippen molar-refractivity contribution in [2.24, 2.45) is 0 Å². The zero-order valence-electron chi connectivity index (χ0n) is 13.1. The molecule has 0 aliphatic rings. The zero-order chi connectivity index (χ0) is 15.9. The van der Waals surface area contributed by atoms with Gasteiger partial charge in [0.05, 0.1) is 12.1 Å². The molecule has 0 saturated heterocycles. The van der Waals surface area contributed by atoms with Gasteiger partial charge in [-0.2, -0.15) is 0 Å². The third kappa shape index (κ3) is 6.09. The fraction of sp³-hybridized carbons (Fsp3) is 0.643. The molecule has 1 aromatic rings. The van der Waals surface area contributed by atoms with Gasteiger partial charge in [-0.25, -0.2) is 18.1 Å². The Morgan fingerprint density at radius 2 is 2.05 bits per heavy atom. The molecule has 2 N–H and O–H groups in total. The molecular formula is C14H25N3O3S. The van der Waals surface area contributed by atoms with E-state index in [0.29, 0.717) is 6.54 Å². The summed E-state index contributed by atoms with van der Waals surface area (Å²) >= 11 is 0. The normalized spacial score (nSPS) is 12.6. The average molecular weight is 315 g/mol. The van der Waals surface area contributed by atoms with Crippen LogP contribution in [-0.4, -0.2) is 39.2 Å². The molecule has 0 fully saturated rings. The van der Waals surface area contributed by atoms with E-state index in [-0.39, 0.29) is 11.6 Å². The van der Waals surface area contributed by atoms with E-state index < -0.39 is 15.6 Å². The fourth-order valence-corrected chi connectivity index (χ4v) is 3.22. The van der Waals surface area contributed by atoms with Crippen molar-refractivity contribution in [1.82, 2.24) is 15.0 Å². The quantitative estimate of drug-likeness (QED) is 0.671. The van der Waals surface area contributed by atoms with E-state index in [1.54, 1.807) is 26.1 Å². The third-order valence-corrected chi connectivity index (χ3v) is 4.36. The van der Waals surface area contributed by atoms with E-state index in [9.17, 15) is 8.42 Å². The molecular weight excluding hydrogens is 290 g/mol. The predicted octanol–water partition coefficient (Wildman–Crippen LogP) is 1.28. The van der Waals surface area contributed by atoms with E-state index in [2.05, 4.69) is 21.9 Å². The Balaban J connectivity index is 2.75. The summed E-state index contributed by atoms with van der Waals surface area (Å²) in [4.78, 5) is 4.04. The first-order valence-corrected chi connectivity index (χ1v) is 8.47. The number of hydrogen-bond donors (Lipinski definition) is 2. The minimum absolute atomic E-state index is 0.0194. The van der Waals surface area contributed by atoms with E-state index in [1.807, 2.05) is 0 Å². The van der Waals surface area contributed by atoms with Gasteiger partial charge >= 0.3 is 0 Å². The molecule has 0 bridgehead atoms. The molecule has 1 aromatic heterocycles. The number of rotatable bonds is 9. The van der Waals surface area contributed by atoms with Crippen LogP contribution in [0.4, 0.5) is 0 Å². The number of methoxy groups -OCH3 is 1. The Morgan fingerprint density at radius 3 is 2.57 bits per heavy atom. The molecule has 0 atom stereocenters. The average Bonchev–Trinajstić information content (AvgIpc) is 2.38. The van der Waals surface area contributed by atoms with Crippen molar-refractivity contribution in [3.05, 3.63) is 23.9 Å². The summed E-state index contributed by atoms with van der Waals surface area (Å²) < 4.78 is 32.1. The van der Waals surface area contributed by atoms with Gasteiger partial charge in [0.15, 0.2) is 5.03 Å². The summed E-state index contributed by atoms with van der Waals surface area (Å²) in [6, 6.07) is 3.29. The summed E-state index contributed by atoms with van der Waals surface area (Å²) in [5.74, 6) is 0. The van der Waals surface area contributed by atoms with Crippen molar-refractivity contribution in [3.8, 4) is 0 Å². The summed E-state index contributed by atoms with van der Waals surface area (Å²) in [5, 5.41) is 3.26. The molecule has 0 unspecified atom stereocenters. The smallest absolute Gasteiger partial charge is 0.258 e. The Hall–Kier alpha value is -1.02. The second-order valence-corrected chi connectivity index (χ2v) is 7.23. The van der Waals surface area contributed by atoms with E-state index in [0.717, 1.165) is 18.5 Å². The summed E-state index contributed by atoms with van der Waals surface area (Å²) in [5.41, 5.74) is 0.273. The molecule has 0 aromatic carbocycles. The molecule has 120 valence electrons. The molecule has 0 radical (unpaired) electrons. The number of pyridine rings is 1. The number of sulfonamides is 1. The molecule has 0 aliphatic carbocycles. The summed E-state index contributed by atoms with van der Waals surface area (Å²) in [6.07, 6.45) is 2.64. The van der Waals surface area contributed by atoms with Crippen molar-refractivity contribution >= 4 is 10.0 Å². The highest BCUT2D eigenvalue weighted by Crippen LogP contribution is 2.12. The van der Waals surface area contributed by atoms with Crippen LogP contribution < -0.4 is 10.0 Å². The van der Waals surface area contributed by atoms with Crippen LogP contribution in [0.25, 0.3) is 0 Å². The van der Waals surface area contributed by atoms with E-state index >= 15 is 0 Å². The van der Waals surface area contributed by atoms with Gasteiger partial charge in [-0.15, -0.1) is 0 Å². The Kier molecular flexibility index (Phi) is 6.73. The van der Waals surface area contributed by atoms with Gasteiger partial charge in [-0.05, 0) is 38.4 Å². The highest BCUT2D eigenvalue weighted by atomic mass is 32.2. The molecule has 1 heterocycles. The largest absolute Gasteiger partial charge is 0.383 e. The molecule has 0 saturated carbocycles. The Labute approximate surface area is 127 Å². The van der Waals surface area contributed by atoms with Gasteiger partial charge in [-0.1, -0.05) is 13.0 Å². The number of ether oxygens (including phenoxy) is 1. The summed E-state index contributed by atoms with van der Waals surface area (Å²) in [7, 11) is -2.11. The van der Waals surface area contributed by atoms with Gasteiger partial charge < -0.3 is 10.1 Å². The van der Waals surface area contributed by atoms with Crippen LogP contribution in [0.15, 0.2) is 23.4 Å². The zero-order valence-corrected chi connectivity index (χ0v) is 14.0. The van der Waals surface area contributed by atoms with E-state index in [1.165, 1.54) is 13.2 Å². The summed E-state index contributed by atoms with van der Waals surface area (Å²) in [6.45, 7) is 7.50. The van der Waals surface area contributed by atoms with E-state index in [4.69, 9.17) is 4.74 Å². The van der Waals surface area contributed by atoms with Crippen molar-refractivity contribution in [2.45, 2.75) is 44.3 Å². The minimum atomic E-state index is -3.64. The van der Waals surface area contributed by atoms with Crippen LogP contribution in [0.1, 0.15) is 32.8 Å². The third-order valence-electron chi connectivity index (χ3n) is 2.74. The molecule has 6 nitrogen and oxygen atoms in total. The predicted molar refractivity (Wildman–Crippen MR) is 82.5 cm³/mol. The first-order valence-electron chi connectivity index (χ1n) is 6.99. The van der Waals surface area contributed by atoms with Crippen molar-refractivity contribution in [2.75, 3.05) is 20.3 Å². The fourth-order valence-electron chi connectivity index (χ4n) is 1.89. The maximum absolute atomic E-state index is 12.2. The van der Waals surface area contributed by atoms with Crippen LogP contribution in [0, 0.1) is 0 Å². The van der Waals surface area contributed by atoms with Gasteiger partial charge in [0.25, 0.3) is 10.0 Å². The van der Waals surface area contributed by atoms with Crippen molar-refractivity contribution in [3.63, 3.8) is 0 Å². The first-order chi connectivity index (χ1) is 9.80. The number of hydrogen-bond acceptors (Lipinski definition) is 5. The maximum Gasteiger partial charge on any atom is 0.258 e. The standard InChI is InChI=1S/C14H25N3O3S/c1-5-8-15-9-12-6-7-13(16-10-12)21(18,19)17-14(2,3)11-20-4/h6-7,10,15,17H,5,8-9,11H2,1-4H3. The highest BCUT2D eigenvalue weighted by molar-refractivity contribution is 7.89. The molecule has 1 rings (SSSR count). The minimum Gasteiger partial charge on any atom is -0.383 e. The molecule has 0 spiro atoms. The van der Waals surface area contributed by atoms with Crippen LogP contribution in [0.2, 0.25) is 0 Å². The van der Waals surface area contributed by atoms with Crippen LogP contribution in [0.3, 0.4) is 0 Å². The number of nitrogens with one attached hydrogen (secondary N) is 2. The monoisotopic (exact) mass is 315 g/mol. The molecule has 21 heavy (non-hydrogen) atoms. The van der Waals surface area contributed by atoms with Crippen LogP contribution in [-0.2, 0) is 21.3 Å². The number of aromatic nitrogens is 1. The Morgan fingerprint density at radius 1 is 1.33 bits per heavy atom. The van der Waals surface area contributed by atoms with Crippen LogP contribution in [0.5, 0.6) is 0 Å². The van der Waals surface area contributed by atoms with Crippen molar-refractivity contribution < 1.29 is 13.2 Å². The second kappa shape index (κ2) is 7.84. The van der Waals surface area contributed by atoms with Gasteiger partial charge in [-0.3, -0.25) is 0 Å². The first kappa shape index (κ1) is 18.0. The number of nitrogens with zero attached hydrogens (tertiary/aromatic N) is 1. The lowest BCUT2D eigenvalue weighted by Crippen LogP contribution is -2.46. The second-order valence-electron chi connectivity index (χ2n) is 5.60. The highest BCUT2D eigenvalue weighted by Gasteiger charge is 2.26. The van der Waals surface area contributed by atoms with Crippen LogP contribution >= 0.6 is 0 Å². The van der Waals surface area contributed by atoms with Crippen molar-refractivity contribution in [1.29, 1.82) is 0 Å². The Bertz CT molecular complexity index is 527. The van der Waals surface area contributed by atoms with Gasteiger partial charge in [0.1, 0.15) is 0 Å². The lowest BCUT2D eigenvalue weighted by Gasteiger charge is -2.24.